The lowest BCUT2D eigenvalue weighted by Crippen LogP contribution is -2.54. The van der Waals surface area contributed by atoms with Gasteiger partial charge in [0.2, 0.25) is 5.88 Å². The summed E-state index contributed by atoms with van der Waals surface area (Å²) in [4.78, 5) is 24.9. The minimum atomic E-state index is -1.04. The van der Waals surface area contributed by atoms with Gasteiger partial charge < -0.3 is 29.4 Å². The fraction of sp³-hybridized carbons (Fsp3) is 0.467. The van der Waals surface area contributed by atoms with E-state index < -0.39 is 5.60 Å². The van der Waals surface area contributed by atoms with Crippen LogP contribution in [0.15, 0.2) is 55.0 Å². The van der Waals surface area contributed by atoms with Crippen molar-refractivity contribution in [2.45, 2.75) is 49.8 Å². The Morgan fingerprint density at radius 3 is 2.65 bits per heavy atom. The second kappa shape index (κ2) is 16.8. The highest BCUT2D eigenvalue weighted by Gasteiger charge is 2.42. The van der Waals surface area contributed by atoms with Crippen LogP contribution < -0.4 is 10.1 Å². The van der Waals surface area contributed by atoms with Gasteiger partial charge in [0.05, 0.1) is 36.8 Å². The number of carbonyl (C=O) groups is 1. The van der Waals surface area contributed by atoms with Crippen molar-refractivity contribution in [2.75, 3.05) is 40.0 Å². The number of nitrogens with one attached hydrogen (secondary N) is 1. The highest BCUT2D eigenvalue weighted by atomic mass is 35.5. The number of rotatable bonds is 9. The van der Waals surface area contributed by atoms with Gasteiger partial charge in [0.15, 0.2) is 5.69 Å². The Hall–Kier alpha value is -2.91. The summed E-state index contributed by atoms with van der Waals surface area (Å²) in [5.74, 6) is 0.313. The number of halogens is 3. The zero-order valence-electron chi connectivity index (χ0n) is 24.1. The summed E-state index contributed by atoms with van der Waals surface area (Å²) in [7, 11) is 1.61. The van der Waals surface area contributed by atoms with E-state index >= 15 is 0 Å². The van der Waals surface area contributed by atoms with Crippen LogP contribution in [0, 0.1) is 11.3 Å². The molecular weight excluding hydrogens is 615 g/mol. The molecule has 3 aromatic rings. The number of imidazole rings is 1. The third-order valence-corrected chi connectivity index (χ3v) is 7.91. The lowest BCUT2D eigenvalue weighted by atomic mass is 9.80. The van der Waals surface area contributed by atoms with Crippen molar-refractivity contribution in [3.05, 3.63) is 66.2 Å². The number of nitrogens with zero attached hydrogens (tertiary/aromatic N) is 5. The molecule has 13 heteroatoms. The van der Waals surface area contributed by atoms with Crippen LogP contribution in [0.25, 0.3) is 11.3 Å². The number of aromatic nitrogens is 3. The molecule has 0 radical (unpaired) electrons. The van der Waals surface area contributed by atoms with E-state index in [0.29, 0.717) is 56.2 Å². The quantitative estimate of drug-likeness (QED) is 0.347. The van der Waals surface area contributed by atoms with Gasteiger partial charge >= 0.3 is 0 Å². The van der Waals surface area contributed by atoms with Gasteiger partial charge in [0.25, 0.3) is 5.91 Å². The molecule has 2 aromatic heterocycles. The molecule has 0 spiro atoms. The maximum Gasteiger partial charge on any atom is 0.275 e. The lowest BCUT2D eigenvalue weighted by molar-refractivity contribution is -0.0893. The molecule has 0 bridgehead atoms. The van der Waals surface area contributed by atoms with Crippen LogP contribution in [0.1, 0.15) is 54.2 Å². The summed E-state index contributed by atoms with van der Waals surface area (Å²) < 4.78 is 13.2. The second-order valence-corrected chi connectivity index (χ2v) is 10.5. The smallest absolute Gasteiger partial charge is 0.275 e. The largest absolute Gasteiger partial charge is 0.478 e. The third kappa shape index (κ3) is 8.18. The van der Waals surface area contributed by atoms with E-state index in [1.54, 1.807) is 25.6 Å². The summed E-state index contributed by atoms with van der Waals surface area (Å²) >= 11 is 0. The first-order chi connectivity index (χ1) is 19.5. The maximum absolute atomic E-state index is 14.1. The molecule has 43 heavy (non-hydrogen) atoms. The van der Waals surface area contributed by atoms with Crippen molar-refractivity contribution in [1.82, 2.24) is 24.8 Å². The second-order valence-electron chi connectivity index (χ2n) is 10.5. The molecule has 5 rings (SSSR count). The maximum atomic E-state index is 14.1. The number of nitriles is 1. The molecule has 1 aliphatic heterocycles. The van der Waals surface area contributed by atoms with Crippen molar-refractivity contribution < 1.29 is 19.4 Å². The molecule has 1 aliphatic carbocycles. The van der Waals surface area contributed by atoms with Gasteiger partial charge in [-0.3, -0.25) is 4.79 Å². The van der Waals surface area contributed by atoms with Crippen LogP contribution >= 0.6 is 37.2 Å². The first kappa shape index (κ1) is 36.3. The average Bonchev–Trinajstić information content (AvgIpc) is 3.43. The van der Waals surface area contributed by atoms with E-state index in [0.717, 1.165) is 30.5 Å². The van der Waals surface area contributed by atoms with E-state index in [2.05, 4.69) is 15.3 Å². The molecule has 1 saturated heterocycles. The number of aliphatic hydroxyl groups is 1. The number of amides is 1. The molecular formula is C30H39Cl3N6O4. The Bertz CT molecular complexity index is 1330. The number of piperazine rings is 1. The summed E-state index contributed by atoms with van der Waals surface area (Å²) in [5, 5.41) is 24.0. The molecule has 10 nitrogen and oxygen atoms in total. The zero-order valence-corrected chi connectivity index (χ0v) is 26.5. The highest BCUT2D eigenvalue weighted by Crippen LogP contribution is 2.41. The Morgan fingerprint density at radius 1 is 1.16 bits per heavy atom. The predicted octanol–water partition coefficient (Wildman–Crippen LogP) is 4.46. The molecule has 2 N–H and O–H groups in total. The average molecular weight is 654 g/mol. The monoisotopic (exact) mass is 652 g/mol. The van der Waals surface area contributed by atoms with E-state index in [1.807, 2.05) is 45.9 Å². The summed E-state index contributed by atoms with van der Waals surface area (Å²) in [6, 6.07) is 14.9. The summed E-state index contributed by atoms with van der Waals surface area (Å²) in [6.45, 7) is 2.49. The van der Waals surface area contributed by atoms with Gasteiger partial charge in [0.1, 0.15) is 11.7 Å². The third-order valence-electron chi connectivity index (χ3n) is 7.91. The first-order valence-corrected chi connectivity index (χ1v) is 13.9. The van der Waals surface area contributed by atoms with Gasteiger partial charge in [0, 0.05) is 57.0 Å². The summed E-state index contributed by atoms with van der Waals surface area (Å²) in [6.07, 6.45) is 7.13. The van der Waals surface area contributed by atoms with Crippen LogP contribution in [0.5, 0.6) is 5.88 Å². The first-order valence-electron chi connectivity index (χ1n) is 13.9. The Morgan fingerprint density at radius 2 is 1.95 bits per heavy atom. The Labute approximate surface area is 271 Å². The standard InChI is InChI=1S/C30H36N6O4.3ClH/c1-39-20-30(38)13-6-5-9-25(30)36-21-34-27(28(36)23-7-3-2-4-8-23)29(37)35-15-14-32-19-24(35)12-16-40-26-11-10-22(17-31)18-33-26;;;/h2-4,7-8,10-11,18,21,24-25,32,38H,5-6,9,12-16,19-20H2,1H3;3*1H/t24?,25-,30+;;;/m1.../s1. The molecule has 234 valence electrons. The van der Waals surface area contributed by atoms with Gasteiger partial charge in [-0.15, -0.1) is 37.2 Å². The van der Waals surface area contributed by atoms with Crippen molar-refractivity contribution in [3.63, 3.8) is 0 Å². The van der Waals surface area contributed by atoms with E-state index in [4.69, 9.17) is 14.7 Å². The topological polar surface area (TPSA) is 126 Å². The molecule has 2 aliphatic rings. The van der Waals surface area contributed by atoms with Gasteiger partial charge in [-0.2, -0.15) is 5.26 Å². The van der Waals surface area contributed by atoms with Crippen LogP contribution in [0.4, 0.5) is 0 Å². The molecule has 1 saturated carbocycles. The van der Waals surface area contributed by atoms with Crippen molar-refractivity contribution >= 4 is 43.1 Å². The SMILES string of the molecule is COC[C@@]1(O)CCCC[C@H]1n1cnc(C(=O)N2CCNCC2CCOc2ccc(C#N)cn2)c1-c1ccccc1.Cl.Cl.Cl. The minimum Gasteiger partial charge on any atom is -0.478 e. The lowest BCUT2D eigenvalue weighted by Gasteiger charge is -2.41. The molecule has 1 amide bonds. The minimum absolute atomic E-state index is 0. The van der Waals surface area contributed by atoms with Crippen molar-refractivity contribution in [2.24, 2.45) is 0 Å². The van der Waals surface area contributed by atoms with Crippen LogP contribution in [0.3, 0.4) is 0 Å². The Balaban J connectivity index is 0.00000215. The number of pyridine rings is 1. The van der Waals surface area contributed by atoms with Gasteiger partial charge in [-0.05, 0) is 18.9 Å². The fourth-order valence-corrected chi connectivity index (χ4v) is 5.91. The highest BCUT2D eigenvalue weighted by molar-refractivity contribution is 5.98. The molecule has 3 atom stereocenters. The molecule has 1 unspecified atom stereocenters. The fourth-order valence-electron chi connectivity index (χ4n) is 5.91. The van der Waals surface area contributed by atoms with Crippen molar-refractivity contribution in [3.8, 4) is 23.2 Å². The number of hydrogen-bond acceptors (Lipinski definition) is 8. The normalized spacial score (nSPS) is 21.4. The number of methoxy groups -OCH3 is 1. The predicted molar refractivity (Wildman–Crippen MR) is 170 cm³/mol. The number of benzene rings is 1. The molecule has 1 aromatic carbocycles. The molecule has 2 fully saturated rings. The summed E-state index contributed by atoms with van der Waals surface area (Å²) in [5.41, 5.74) is 1.44. The van der Waals surface area contributed by atoms with Gasteiger partial charge in [-0.1, -0.05) is 43.2 Å². The van der Waals surface area contributed by atoms with Crippen LogP contribution in [-0.2, 0) is 4.74 Å². The van der Waals surface area contributed by atoms with Crippen LogP contribution in [0.2, 0.25) is 0 Å². The van der Waals surface area contributed by atoms with Crippen LogP contribution in [-0.4, -0.2) is 82.0 Å². The Kier molecular flexibility index (Phi) is 14.2. The zero-order chi connectivity index (χ0) is 28.0. The number of carbonyl (C=O) groups excluding carboxylic acids is 1. The van der Waals surface area contributed by atoms with E-state index in [-0.39, 0.29) is 61.8 Å². The van der Waals surface area contributed by atoms with Crippen molar-refractivity contribution in [1.29, 1.82) is 5.26 Å². The van der Waals surface area contributed by atoms with Gasteiger partial charge in [-0.25, -0.2) is 9.97 Å². The number of ether oxygens (including phenoxy) is 2. The number of hydrogen-bond donors (Lipinski definition) is 2. The van der Waals surface area contributed by atoms with E-state index in [9.17, 15) is 9.90 Å². The van der Waals surface area contributed by atoms with E-state index in [1.165, 1.54) is 6.20 Å². The molecule has 3 heterocycles.